The Labute approximate surface area is 160 Å². The second kappa shape index (κ2) is 7.50. The number of aryl methyl sites for hydroxylation is 1. The molecule has 0 aliphatic rings. The minimum atomic E-state index is -4.75. The summed E-state index contributed by atoms with van der Waals surface area (Å²) < 4.78 is 41.2. The SMILES string of the molecule is CON(C(=O)c1cn(C)nc1C(F)(F)F)C(C)c1ccc(I)cc1Cl. The predicted molar refractivity (Wildman–Crippen MR) is 94.0 cm³/mol. The summed E-state index contributed by atoms with van der Waals surface area (Å²) in [7, 11) is 2.52. The maximum Gasteiger partial charge on any atom is 0.435 e. The molecule has 1 heterocycles. The Morgan fingerprint density at radius 3 is 2.60 bits per heavy atom. The molecule has 2 aromatic rings. The van der Waals surface area contributed by atoms with Crippen molar-refractivity contribution in [1.82, 2.24) is 14.8 Å². The van der Waals surface area contributed by atoms with Gasteiger partial charge in [0.1, 0.15) is 0 Å². The number of hydrogen-bond acceptors (Lipinski definition) is 3. The molecule has 1 aromatic heterocycles. The highest BCUT2D eigenvalue weighted by Gasteiger charge is 2.41. The number of halogens is 5. The lowest BCUT2D eigenvalue weighted by molar-refractivity contribution is -0.143. The van der Waals surface area contributed by atoms with Crippen LogP contribution < -0.4 is 0 Å². The molecule has 1 aromatic carbocycles. The van der Waals surface area contributed by atoms with E-state index >= 15 is 0 Å². The van der Waals surface area contributed by atoms with Crippen LogP contribution in [0.3, 0.4) is 0 Å². The van der Waals surface area contributed by atoms with Crippen molar-refractivity contribution in [3.63, 3.8) is 0 Å². The van der Waals surface area contributed by atoms with Crippen molar-refractivity contribution < 1.29 is 22.8 Å². The summed E-state index contributed by atoms with van der Waals surface area (Å²) in [6, 6.07) is 4.46. The third-order valence-corrected chi connectivity index (χ3v) is 4.49. The zero-order valence-electron chi connectivity index (χ0n) is 13.4. The van der Waals surface area contributed by atoms with E-state index in [2.05, 4.69) is 27.7 Å². The molecule has 0 radical (unpaired) electrons. The Morgan fingerprint density at radius 1 is 1.44 bits per heavy atom. The number of nitrogens with zero attached hydrogens (tertiary/aromatic N) is 3. The average molecular weight is 488 g/mol. The second-order valence-electron chi connectivity index (χ2n) is 5.22. The van der Waals surface area contributed by atoms with Gasteiger partial charge >= 0.3 is 6.18 Å². The number of hydrogen-bond donors (Lipinski definition) is 0. The van der Waals surface area contributed by atoms with Gasteiger partial charge in [-0.3, -0.25) is 14.3 Å². The third-order valence-electron chi connectivity index (χ3n) is 3.49. The van der Waals surface area contributed by atoms with Crippen LogP contribution in [-0.4, -0.2) is 27.9 Å². The van der Waals surface area contributed by atoms with Crippen molar-refractivity contribution in [3.8, 4) is 0 Å². The fourth-order valence-electron chi connectivity index (χ4n) is 2.36. The van der Waals surface area contributed by atoms with Crippen molar-refractivity contribution in [3.05, 3.63) is 49.8 Å². The molecule has 0 fully saturated rings. The molecule has 0 saturated carbocycles. The first-order valence-corrected chi connectivity index (χ1v) is 8.45. The molecular formula is C15H14ClF3IN3O2. The zero-order chi connectivity index (χ0) is 18.9. The van der Waals surface area contributed by atoms with E-state index in [1.807, 2.05) is 0 Å². The Bertz CT molecular complexity index is 795. The van der Waals surface area contributed by atoms with Crippen LogP contribution in [0, 0.1) is 3.57 Å². The van der Waals surface area contributed by atoms with Gasteiger partial charge in [-0.05, 0) is 47.2 Å². The second-order valence-corrected chi connectivity index (χ2v) is 6.87. The number of alkyl halides is 3. The molecule has 0 bridgehead atoms. The van der Waals surface area contributed by atoms with Crippen molar-refractivity contribution >= 4 is 40.1 Å². The van der Waals surface area contributed by atoms with E-state index in [4.69, 9.17) is 16.4 Å². The maximum atomic E-state index is 13.1. The molecule has 1 amide bonds. The molecule has 25 heavy (non-hydrogen) atoms. The number of aromatic nitrogens is 2. The van der Waals surface area contributed by atoms with E-state index in [-0.39, 0.29) is 0 Å². The van der Waals surface area contributed by atoms with Crippen molar-refractivity contribution in [1.29, 1.82) is 0 Å². The van der Waals surface area contributed by atoms with Crippen LogP contribution >= 0.6 is 34.2 Å². The first-order chi connectivity index (χ1) is 11.6. The number of rotatable bonds is 4. The van der Waals surface area contributed by atoms with E-state index < -0.39 is 29.4 Å². The first kappa shape index (κ1) is 20.0. The molecule has 136 valence electrons. The number of hydroxylamine groups is 2. The summed E-state index contributed by atoms with van der Waals surface area (Å²) in [5, 5.41) is 4.58. The fraction of sp³-hybridized carbons (Fsp3) is 0.333. The number of carbonyl (C=O) groups excluding carboxylic acids is 1. The lowest BCUT2D eigenvalue weighted by atomic mass is 10.1. The number of benzene rings is 1. The van der Waals surface area contributed by atoms with Crippen LogP contribution in [0.2, 0.25) is 5.02 Å². The minimum absolute atomic E-state index is 0.386. The van der Waals surface area contributed by atoms with Crippen LogP contribution in [-0.2, 0) is 18.1 Å². The van der Waals surface area contributed by atoms with Crippen LogP contribution in [0.1, 0.15) is 34.6 Å². The Kier molecular flexibility index (Phi) is 6.00. The van der Waals surface area contributed by atoms with Crippen LogP contribution in [0.15, 0.2) is 24.4 Å². The van der Waals surface area contributed by atoms with Gasteiger partial charge in [0.05, 0.1) is 18.7 Å². The summed E-state index contributed by atoms with van der Waals surface area (Å²) in [4.78, 5) is 17.7. The van der Waals surface area contributed by atoms with Gasteiger partial charge in [-0.1, -0.05) is 17.7 Å². The van der Waals surface area contributed by atoms with Crippen molar-refractivity contribution in [2.45, 2.75) is 19.1 Å². The summed E-state index contributed by atoms with van der Waals surface area (Å²) in [6.45, 7) is 1.61. The fourth-order valence-corrected chi connectivity index (χ4v) is 3.37. The molecule has 2 rings (SSSR count). The summed E-state index contributed by atoms with van der Waals surface area (Å²) in [6.07, 6.45) is -3.74. The highest BCUT2D eigenvalue weighted by atomic mass is 127. The van der Waals surface area contributed by atoms with E-state index in [9.17, 15) is 18.0 Å². The summed E-state index contributed by atoms with van der Waals surface area (Å²) in [5.41, 5.74) is -1.30. The van der Waals surface area contributed by atoms with Crippen LogP contribution in [0.4, 0.5) is 13.2 Å². The van der Waals surface area contributed by atoms with Gasteiger partial charge in [-0.25, -0.2) is 5.06 Å². The normalized spacial score (nSPS) is 13.0. The summed E-state index contributed by atoms with van der Waals surface area (Å²) >= 11 is 8.27. The molecule has 10 heteroatoms. The molecule has 1 unspecified atom stereocenters. The smallest absolute Gasteiger partial charge is 0.274 e. The third kappa shape index (κ3) is 4.26. The lowest BCUT2D eigenvalue weighted by Crippen LogP contribution is -2.34. The van der Waals surface area contributed by atoms with Crippen molar-refractivity contribution in [2.75, 3.05) is 7.11 Å². The molecule has 0 aliphatic carbocycles. The topological polar surface area (TPSA) is 47.4 Å². The van der Waals surface area contributed by atoms with E-state index in [1.54, 1.807) is 25.1 Å². The first-order valence-electron chi connectivity index (χ1n) is 6.99. The molecule has 0 aliphatic heterocycles. The van der Waals surface area contributed by atoms with Gasteiger partial charge < -0.3 is 0 Å². The Hall–Kier alpha value is -1.33. The Balaban J connectivity index is 2.42. The molecular weight excluding hydrogens is 474 g/mol. The van der Waals surface area contributed by atoms with Gasteiger partial charge in [0.15, 0.2) is 5.69 Å². The lowest BCUT2D eigenvalue weighted by Gasteiger charge is -2.27. The van der Waals surface area contributed by atoms with Gasteiger partial charge in [0.25, 0.3) is 5.91 Å². The summed E-state index contributed by atoms with van der Waals surface area (Å²) in [5.74, 6) is -0.954. The average Bonchev–Trinajstić information content (AvgIpc) is 2.90. The van der Waals surface area contributed by atoms with Crippen LogP contribution in [0.25, 0.3) is 0 Å². The largest absolute Gasteiger partial charge is 0.435 e. The number of carbonyl (C=O) groups is 1. The highest BCUT2D eigenvalue weighted by Crippen LogP contribution is 2.34. The number of amides is 1. The quantitative estimate of drug-likeness (QED) is 0.473. The molecule has 5 nitrogen and oxygen atoms in total. The van der Waals surface area contributed by atoms with E-state index in [0.29, 0.717) is 10.6 Å². The molecule has 1 atom stereocenters. The van der Waals surface area contributed by atoms with Gasteiger partial charge in [0.2, 0.25) is 0 Å². The minimum Gasteiger partial charge on any atom is -0.274 e. The highest BCUT2D eigenvalue weighted by molar-refractivity contribution is 14.1. The maximum absolute atomic E-state index is 13.1. The van der Waals surface area contributed by atoms with E-state index in [1.165, 1.54) is 14.2 Å². The monoisotopic (exact) mass is 487 g/mol. The Morgan fingerprint density at radius 2 is 2.08 bits per heavy atom. The van der Waals surface area contributed by atoms with Gasteiger partial charge in [0, 0.05) is 21.8 Å². The molecule has 0 N–H and O–H groups in total. The standard InChI is InChI=1S/C15H14ClF3IN3O2/c1-8(10-5-4-9(20)6-12(10)16)23(25-3)14(24)11-7-22(2)21-13(11)15(17,18)19/h4-8H,1-3H3. The van der Waals surface area contributed by atoms with E-state index in [0.717, 1.165) is 19.5 Å². The van der Waals surface area contributed by atoms with Gasteiger partial charge in [-0.2, -0.15) is 18.3 Å². The molecule has 0 saturated heterocycles. The van der Waals surface area contributed by atoms with Gasteiger partial charge in [-0.15, -0.1) is 0 Å². The van der Waals surface area contributed by atoms with Crippen LogP contribution in [0.5, 0.6) is 0 Å². The molecule has 0 spiro atoms. The van der Waals surface area contributed by atoms with Crippen molar-refractivity contribution in [2.24, 2.45) is 7.05 Å². The zero-order valence-corrected chi connectivity index (χ0v) is 16.3. The predicted octanol–water partition coefficient (Wildman–Crippen LogP) is 4.46.